The minimum Gasteiger partial charge on any atom is -0.351 e. The molecule has 4 nitrogen and oxygen atoms in total. The quantitative estimate of drug-likeness (QED) is 0.835. The molecule has 26 heavy (non-hydrogen) atoms. The van der Waals surface area contributed by atoms with Crippen LogP contribution in [0, 0.1) is 0 Å². The van der Waals surface area contributed by atoms with E-state index in [2.05, 4.69) is 51.5 Å². The number of piperazine rings is 1. The molecule has 136 valence electrons. The lowest BCUT2D eigenvalue weighted by Gasteiger charge is -2.33. The molecular formula is C22H27N3O. The zero-order valence-corrected chi connectivity index (χ0v) is 15.2. The fourth-order valence-electron chi connectivity index (χ4n) is 3.09. The van der Waals surface area contributed by atoms with Crippen molar-refractivity contribution in [1.29, 1.82) is 0 Å². The molecule has 0 aromatic heterocycles. The summed E-state index contributed by atoms with van der Waals surface area (Å²) in [6.07, 6.45) is 4.39. The van der Waals surface area contributed by atoms with Gasteiger partial charge in [0.2, 0.25) is 5.91 Å². The van der Waals surface area contributed by atoms with E-state index >= 15 is 0 Å². The Morgan fingerprint density at radius 1 is 0.885 bits per heavy atom. The summed E-state index contributed by atoms with van der Waals surface area (Å²) in [6, 6.07) is 20.4. The maximum Gasteiger partial charge on any atom is 0.234 e. The zero-order chi connectivity index (χ0) is 18.0. The SMILES string of the molecule is O=C(CN1CCN(CC=Cc2ccccc2)CC1)NCc1ccccc1. The third-order valence-electron chi connectivity index (χ3n) is 4.64. The fraction of sp³-hybridized carbons (Fsp3) is 0.318. The van der Waals surface area contributed by atoms with Gasteiger partial charge in [0, 0.05) is 39.3 Å². The van der Waals surface area contributed by atoms with E-state index in [4.69, 9.17) is 0 Å². The highest BCUT2D eigenvalue weighted by Gasteiger charge is 2.17. The van der Waals surface area contributed by atoms with E-state index in [0.29, 0.717) is 13.1 Å². The molecule has 4 heteroatoms. The van der Waals surface area contributed by atoms with E-state index in [1.54, 1.807) is 0 Å². The first-order valence-electron chi connectivity index (χ1n) is 9.26. The molecule has 1 amide bonds. The molecule has 1 heterocycles. The lowest BCUT2D eigenvalue weighted by molar-refractivity contribution is -0.122. The molecule has 0 radical (unpaired) electrons. The van der Waals surface area contributed by atoms with Gasteiger partial charge in [-0.3, -0.25) is 14.6 Å². The van der Waals surface area contributed by atoms with Gasteiger partial charge in [0.15, 0.2) is 0 Å². The Morgan fingerprint density at radius 2 is 1.50 bits per heavy atom. The number of carbonyl (C=O) groups excluding carboxylic acids is 1. The number of hydrogen-bond acceptors (Lipinski definition) is 3. The summed E-state index contributed by atoms with van der Waals surface area (Å²) < 4.78 is 0. The Balaban J connectivity index is 1.33. The van der Waals surface area contributed by atoms with Gasteiger partial charge in [0.1, 0.15) is 0 Å². The van der Waals surface area contributed by atoms with Crippen molar-refractivity contribution in [3.05, 3.63) is 77.9 Å². The maximum absolute atomic E-state index is 12.1. The molecule has 0 atom stereocenters. The van der Waals surface area contributed by atoms with Crippen molar-refractivity contribution >= 4 is 12.0 Å². The molecule has 1 aliphatic heterocycles. The lowest BCUT2D eigenvalue weighted by atomic mass is 10.2. The second kappa shape index (κ2) is 9.90. The largest absolute Gasteiger partial charge is 0.351 e. The van der Waals surface area contributed by atoms with Crippen molar-refractivity contribution in [1.82, 2.24) is 15.1 Å². The maximum atomic E-state index is 12.1. The van der Waals surface area contributed by atoms with Crippen molar-refractivity contribution in [3.8, 4) is 0 Å². The van der Waals surface area contributed by atoms with Gasteiger partial charge < -0.3 is 5.32 Å². The van der Waals surface area contributed by atoms with Crippen LogP contribution >= 0.6 is 0 Å². The summed E-state index contributed by atoms with van der Waals surface area (Å²) in [5.74, 6) is 0.103. The summed E-state index contributed by atoms with van der Waals surface area (Å²) in [6.45, 7) is 5.94. The van der Waals surface area contributed by atoms with Gasteiger partial charge in [-0.1, -0.05) is 72.8 Å². The molecule has 0 spiro atoms. The van der Waals surface area contributed by atoms with E-state index in [-0.39, 0.29) is 5.91 Å². The van der Waals surface area contributed by atoms with E-state index in [9.17, 15) is 4.79 Å². The molecule has 2 aromatic rings. The van der Waals surface area contributed by atoms with Gasteiger partial charge in [-0.05, 0) is 11.1 Å². The predicted molar refractivity (Wildman–Crippen MR) is 107 cm³/mol. The Morgan fingerprint density at radius 3 is 2.19 bits per heavy atom. The van der Waals surface area contributed by atoms with Crippen LogP contribution in [-0.4, -0.2) is 55.0 Å². The van der Waals surface area contributed by atoms with E-state index in [1.165, 1.54) is 5.56 Å². The van der Waals surface area contributed by atoms with Gasteiger partial charge in [-0.15, -0.1) is 0 Å². The molecule has 1 aliphatic rings. The smallest absolute Gasteiger partial charge is 0.234 e. The van der Waals surface area contributed by atoms with Crippen LogP contribution in [0.25, 0.3) is 6.08 Å². The standard InChI is InChI=1S/C22H27N3O/c26-22(23-18-21-10-5-2-6-11-21)19-25-16-14-24(15-17-25)13-7-12-20-8-3-1-4-9-20/h1-12H,13-19H2,(H,23,26). The third kappa shape index (κ3) is 6.14. The molecule has 0 saturated carbocycles. The molecule has 1 saturated heterocycles. The molecule has 2 aromatic carbocycles. The number of benzene rings is 2. The number of hydrogen-bond donors (Lipinski definition) is 1. The molecule has 0 aliphatic carbocycles. The first-order chi connectivity index (χ1) is 12.8. The first-order valence-corrected chi connectivity index (χ1v) is 9.26. The summed E-state index contributed by atoms with van der Waals surface area (Å²) in [4.78, 5) is 16.8. The summed E-state index contributed by atoms with van der Waals surface area (Å²) in [5, 5.41) is 3.00. The number of rotatable bonds is 7. The van der Waals surface area contributed by atoms with Gasteiger partial charge in [-0.25, -0.2) is 0 Å². The van der Waals surface area contributed by atoms with E-state index in [0.717, 1.165) is 38.3 Å². The highest BCUT2D eigenvalue weighted by atomic mass is 16.2. The molecule has 3 rings (SSSR count). The topological polar surface area (TPSA) is 35.6 Å². The lowest BCUT2D eigenvalue weighted by Crippen LogP contribution is -2.49. The Labute approximate surface area is 156 Å². The Kier molecular flexibility index (Phi) is 6.99. The Hall–Kier alpha value is -2.43. The van der Waals surface area contributed by atoms with Crippen molar-refractivity contribution in [2.24, 2.45) is 0 Å². The summed E-state index contributed by atoms with van der Waals surface area (Å²) in [7, 11) is 0. The third-order valence-corrected chi connectivity index (χ3v) is 4.64. The van der Waals surface area contributed by atoms with Gasteiger partial charge in [-0.2, -0.15) is 0 Å². The predicted octanol–water partition coefficient (Wildman–Crippen LogP) is 2.63. The molecule has 1 N–H and O–H groups in total. The Bertz CT molecular complexity index is 692. The zero-order valence-electron chi connectivity index (χ0n) is 15.2. The normalized spacial score (nSPS) is 16.0. The van der Waals surface area contributed by atoms with Crippen LogP contribution < -0.4 is 5.32 Å². The fourth-order valence-corrected chi connectivity index (χ4v) is 3.09. The van der Waals surface area contributed by atoms with Crippen molar-refractivity contribution in [2.45, 2.75) is 6.54 Å². The van der Waals surface area contributed by atoms with Gasteiger partial charge >= 0.3 is 0 Å². The monoisotopic (exact) mass is 349 g/mol. The number of carbonyl (C=O) groups is 1. The van der Waals surface area contributed by atoms with E-state index < -0.39 is 0 Å². The van der Waals surface area contributed by atoms with Crippen LogP contribution in [0.5, 0.6) is 0 Å². The van der Waals surface area contributed by atoms with Crippen LogP contribution in [0.3, 0.4) is 0 Å². The minimum absolute atomic E-state index is 0.103. The minimum atomic E-state index is 0.103. The molecule has 0 bridgehead atoms. The van der Waals surface area contributed by atoms with Crippen molar-refractivity contribution in [3.63, 3.8) is 0 Å². The number of amides is 1. The van der Waals surface area contributed by atoms with Crippen molar-refractivity contribution < 1.29 is 4.79 Å². The number of nitrogens with one attached hydrogen (secondary N) is 1. The van der Waals surface area contributed by atoms with E-state index in [1.807, 2.05) is 36.4 Å². The molecule has 1 fully saturated rings. The molecular weight excluding hydrogens is 322 g/mol. The van der Waals surface area contributed by atoms with Crippen LogP contribution in [0.1, 0.15) is 11.1 Å². The summed E-state index contributed by atoms with van der Waals surface area (Å²) >= 11 is 0. The second-order valence-corrected chi connectivity index (χ2v) is 6.65. The van der Waals surface area contributed by atoms with Crippen LogP contribution in [-0.2, 0) is 11.3 Å². The average molecular weight is 349 g/mol. The van der Waals surface area contributed by atoms with Crippen LogP contribution in [0.4, 0.5) is 0 Å². The average Bonchev–Trinajstić information content (AvgIpc) is 2.69. The second-order valence-electron chi connectivity index (χ2n) is 6.65. The first kappa shape index (κ1) is 18.4. The van der Waals surface area contributed by atoms with Gasteiger partial charge in [0.05, 0.1) is 6.54 Å². The number of nitrogens with zero attached hydrogens (tertiary/aromatic N) is 2. The summed E-state index contributed by atoms with van der Waals surface area (Å²) in [5.41, 5.74) is 2.37. The van der Waals surface area contributed by atoms with Crippen molar-refractivity contribution in [2.75, 3.05) is 39.3 Å². The van der Waals surface area contributed by atoms with Gasteiger partial charge in [0.25, 0.3) is 0 Å². The van der Waals surface area contributed by atoms with Crippen LogP contribution in [0.2, 0.25) is 0 Å². The highest BCUT2D eigenvalue weighted by Crippen LogP contribution is 2.04. The van der Waals surface area contributed by atoms with Crippen LogP contribution in [0.15, 0.2) is 66.7 Å². The molecule has 0 unspecified atom stereocenters. The highest BCUT2D eigenvalue weighted by molar-refractivity contribution is 5.78.